The SMILES string of the molecule is Cc1ccc(CCC(=O)n2ccccc2=O)cc1. The van der Waals surface area contributed by atoms with Gasteiger partial charge >= 0.3 is 0 Å². The van der Waals surface area contributed by atoms with Gasteiger partial charge in [0.1, 0.15) is 0 Å². The Morgan fingerprint density at radius 1 is 1.11 bits per heavy atom. The topological polar surface area (TPSA) is 39.1 Å². The fourth-order valence-electron chi connectivity index (χ4n) is 1.76. The molecule has 3 heteroatoms. The fourth-order valence-corrected chi connectivity index (χ4v) is 1.76. The summed E-state index contributed by atoms with van der Waals surface area (Å²) in [6.07, 6.45) is 2.51. The van der Waals surface area contributed by atoms with Crippen molar-refractivity contribution in [3.63, 3.8) is 0 Å². The Kier molecular flexibility index (Phi) is 3.72. The van der Waals surface area contributed by atoms with E-state index < -0.39 is 0 Å². The van der Waals surface area contributed by atoms with Crippen LogP contribution in [0.5, 0.6) is 0 Å². The number of aryl methyl sites for hydroxylation is 2. The van der Waals surface area contributed by atoms with E-state index in [0.29, 0.717) is 12.8 Å². The molecule has 0 saturated carbocycles. The van der Waals surface area contributed by atoms with Crippen molar-refractivity contribution in [2.75, 3.05) is 0 Å². The minimum Gasteiger partial charge on any atom is -0.274 e. The number of hydrogen-bond donors (Lipinski definition) is 0. The van der Waals surface area contributed by atoms with E-state index in [1.807, 2.05) is 31.2 Å². The molecule has 0 bridgehead atoms. The molecule has 0 spiro atoms. The number of rotatable bonds is 3. The Morgan fingerprint density at radius 2 is 1.83 bits per heavy atom. The van der Waals surface area contributed by atoms with Gasteiger partial charge in [0.05, 0.1) is 0 Å². The molecular formula is C15H15NO2. The molecule has 1 aromatic carbocycles. The summed E-state index contributed by atoms with van der Waals surface area (Å²) in [5.74, 6) is -0.166. The van der Waals surface area contributed by atoms with Gasteiger partial charge < -0.3 is 0 Å². The highest BCUT2D eigenvalue weighted by Crippen LogP contribution is 2.06. The van der Waals surface area contributed by atoms with Gasteiger partial charge in [-0.15, -0.1) is 0 Å². The summed E-state index contributed by atoms with van der Waals surface area (Å²) < 4.78 is 1.16. The Bertz CT molecular complexity index is 596. The standard InChI is InChI=1S/C15H15NO2/c1-12-5-7-13(8-6-12)9-10-15(18)16-11-3-2-4-14(16)17/h2-8,11H,9-10H2,1H3. The average molecular weight is 241 g/mol. The number of aromatic nitrogens is 1. The predicted molar refractivity (Wildman–Crippen MR) is 70.8 cm³/mol. The van der Waals surface area contributed by atoms with E-state index in [9.17, 15) is 9.59 Å². The molecule has 0 N–H and O–H groups in total. The highest BCUT2D eigenvalue weighted by Gasteiger charge is 2.06. The lowest BCUT2D eigenvalue weighted by Crippen LogP contribution is -2.25. The number of carbonyl (C=O) groups excluding carboxylic acids is 1. The Balaban J connectivity index is 2.03. The van der Waals surface area contributed by atoms with Crippen LogP contribution in [0.2, 0.25) is 0 Å². The van der Waals surface area contributed by atoms with Gasteiger partial charge in [-0.3, -0.25) is 14.2 Å². The molecule has 0 aliphatic carbocycles. The van der Waals surface area contributed by atoms with Gasteiger partial charge in [-0.2, -0.15) is 0 Å². The minimum atomic E-state index is -0.272. The van der Waals surface area contributed by atoms with Gasteiger partial charge in [0, 0.05) is 18.7 Å². The normalized spacial score (nSPS) is 10.3. The summed E-state index contributed by atoms with van der Waals surface area (Å²) in [5, 5.41) is 0. The van der Waals surface area contributed by atoms with Crippen LogP contribution < -0.4 is 5.56 Å². The number of hydrogen-bond acceptors (Lipinski definition) is 2. The van der Waals surface area contributed by atoms with E-state index in [1.54, 1.807) is 12.1 Å². The third-order valence-electron chi connectivity index (χ3n) is 2.84. The molecular weight excluding hydrogens is 226 g/mol. The highest BCUT2D eigenvalue weighted by atomic mass is 16.2. The first-order chi connectivity index (χ1) is 8.66. The molecule has 0 saturated heterocycles. The van der Waals surface area contributed by atoms with Crippen molar-refractivity contribution in [2.24, 2.45) is 0 Å². The Morgan fingerprint density at radius 3 is 2.50 bits per heavy atom. The molecule has 18 heavy (non-hydrogen) atoms. The monoisotopic (exact) mass is 241 g/mol. The van der Waals surface area contributed by atoms with E-state index in [1.165, 1.54) is 17.8 Å². The lowest BCUT2D eigenvalue weighted by molar-refractivity contribution is 0.0898. The van der Waals surface area contributed by atoms with E-state index in [0.717, 1.165) is 10.1 Å². The maximum absolute atomic E-state index is 11.9. The third-order valence-corrected chi connectivity index (χ3v) is 2.84. The maximum Gasteiger partial charge on any atom is 0.257 e. The van der Waals surface area contributed by atoms with Crippen LogP contribution >= 0.6 is 0 Å². The van der Waals surface area contributed by atoms with Crippen molar-refractivity contribution in [3.05, 3.63) is 70.1 Å². The number of carbonyl (C=O) groups is 1. The van der Waals surface area contributed by atoms with Gasteiger partial charge in [-0.1, -0.05) is 35.9 Å². The lowest BCUT2D eigenvalue weighted by Gasteiger charge is -2.04. The van der Waals surface area contributed by atoms with Gasteiger partial charge in [-0.05, 0) is 25.0 Å². The van der Waals surface area contributed by atoms with E-state index in [4.69, 9.17) is 0 Å². The third kappa shape index (κ3) is 2.94. The fraction of sp³-hybridized carbons (Fsp3) is 0.200. The maximum atomic E-state index is 11.9. The van der Waals surface area contributed by atoms with Crippen molar-refractivity contribution < 1.29 is 4.79 Å². The zero-order valence-corrected chi connectivity index (χ0v) is 10.3. The second kappa shape index (κ2) is 5.45. The summed E-state index contributed by atoms with van der Waals surface area (Å²) in [6, 6.07) is 12.8. The molecule has 0 unspecified atom stereocenters. The van der Waals surface area contributed by atoms with Crippen molar-refractivity contribution in [2.45, 2.75) is 19.8 Å². The first kappa shape index (κ1) is 12.3. The van der Waals surface area contributed by atoms with Crippen molar-refractivity contribution in [3.8, 4) is 0 Å². The van der Waals surface area contributed by atoms with Crippen LogP contribution in [0.3, 0.4) is 0 Å². The van der Waals surface area contributed by atoms with Crippen molar-refractivity contribution in [1.29, 1.82) is 0 Å². The van der Waals surface area contributed by atoms with E-state index >= 15 is 0 Å². The quantitative estimate of drug-likeness (QED) is 0.827. The number of pyridine rings is 1. The van der Waals surface area contributed by atoms with Gasteiger partial charge in [-0.25, -0.2) is 0 Å². The first-order valence-electron chi connectivity index (χ1n) is 5.93. The zero-order chi connectivity index (χ0) is 13.0. The minimum absolute atomic E-state index is 0.166. The summed E-state index contributed by atoms with van der Waals surface area (Å²) >= 11 is 0. The number of benzene rings is 1. The summed E-state index contributed by atoms with van der Waals surface area (Å²) in [6.45, 7) is 2.03. The second-order valence-corrected chi connectivity index (χ2v) is 4.29. The summed E-state index contributed by atoms with van der Waals surface area (Å²) in [7, 11) is 0. The van der Waals surface area contributed by atoms with Gasteiger partial charge in [0.2, 0.25) is 5.91 Å². The van der Waals surface area contributed by atoms with Crippen molar-refractivity contribution >= 4 is 5.91 Å². The molecule has 0 aliphatic heterocycles. The van der Waals surface area contributed by atoms with Crippen LogP contribution in [-0.2, 0) is 6.42 Å². The molecule has 1 aromatic heterocycles. The van der Waals surface area contributed by atoms with Gasteiger partial charge in [0.25, 0.3) is 5.56 Å². The summed E-state index contributed by atoms with van der Waals surface area (Å²) in [5.41, 5.74) is 2.04. The molecule has 2 aromatic rings. The van der Waals surface area contributed by atoms with E-state index in [2.05, 4.69) is 0 Å². The van der Waals surface area contributed by atoms with E-state index in [-0.39, 0.29) is 11.5 Å². The molecule has 0 fully saturated rings. The van der Waals surface area contributed by atoms with Crippen molar-refractivity contribution in [1.82, 2.24) is 4.57 Å². The van der Waals surface area contributed by atoms with Crippen LogP contribution in [0.1, 0.15) is 22.3 Å². The highest BCUT2D eigenvalue weighted by molar-refractivity contribution is 5.78. The first-order valence-corrected chi connectivity index (χ1v) is 5.93. The average Bonchev–Trinajstić information content (AvgIpc) is 2.38. The lowest BCUT2D eigenvalue weighted by atomic mass is 10.1. The van der Waals surface area contributed by atoms with Crippen LogP contribution in [0.4, 0.5) is 0 Å². The molecule has 2 rings (SSSR count). The molecule has 0 amide bonds. The zero-order valence-electron chi connectivity index (χ0n) is 10.3. The molecule has 1 heterocycles. The van der Waals surface area contributed by atoms with Crippen LogP contribution in [-0.4, -0.2) is 10.5 Å². The smallest absolute Gasteiger partial charge is 0.257 e. The van der Waals surface area contributed by atoms with Crippen LogP contribution in [0.15, 0.2) is 53.5 Å². The molecule has 3 nitrogen and oxygen atoms in total. The second-order valence-electron chi connectivity index (χ2n) is 4.29. The van der Waals surface area contributed by atoms with Crippen LogP contribution in [0, 0.1) is 6.92 Å². The number of nitrogens with zero attached hydrogens (tertiary/aromatic N) is 1. The molecule has 0 aliphatic rings. The summed E-state index contributed by atoms with van der Waals surface area (Å²) in [4.78, 5) is 23.3. The molecule has 0 atom stereocenters. The Hall–Kier alpha value is -2.16. The van der Waals surface area contributed by atoms with Crippen LogP contribution in [0.25, 0.3) is 0 Å². The molecule has 0 radical (unpaired) electrons. The Labute approximate surface area is 106 Å². The largest absolute Gasteiger partial charge is 0.274 e. The predicted octanol–water partition coefficient (Wildman–Crippen LogP) is 2.43. The van der Waals surface area contributed by atoms with Gasteiger partial charge in [0.15, 0.2) is 0 Å². The molecule has 92 valence electrons.